The molecule has 2 aromatic heterocycles. The van der Waals surface area contributed by atoms with Gasteiger partial charge < -0.3 is 4.98 Å². The minimum Gasteiger partial charge on any atom is -0.345 e. The molecule has 2 nitrogen and oxygen atoms in total. The standard InChI is InChI=1S/C16H9ClN2S2/c17-11-5-3-10(4-6-11)14-8-12(15-2-1-7-21-15)13(9-18)16(20)19-14/h1-8H,(H,19,20). The summed E-state index contributed by atoms with van der Waals surface area (Å²) in [6.45, 7) is 0. The molecular weight excluding hydrogens is 320 g/mol. The summed E-state index contributed by atoms with van der Waals surface area (Å²) in [6, 6.07) is 15.6. The van der Waals surface area contributed by atoms with Crippen molar-refractivity contribution < 1.29 is 0 Å². The fourth-order valence-electron chi connectivity index (χ4n) is 2.08. The van der Waals surface area contributed by atoms with Gasteiger partial charge in [-0.3, -0.25) is 0 Å². The van der Waals surface area contributed by atoms with E-state index in [4.69, 9.17) is 23.8 Å². The molecule has 1 N–H and O–H groups in total. The molecule has 0 bridgehead atoms. The second-order valence-corrected chi connectivity index (χ2v) is 6.19. The second-order valence-electron chi connectivity index (χ2n) is 4.40. The number of nitrogens with one attached hydrogen (secondary N) is 1. The van der Waals surface area contributed by atoms with E-state index in [1.165, 1.54) is 0 Å². The van der Waals surface area contributed by atoms with Gasteiger partial charge in [0.2, 0.25) is 0 Å². The van der Waals surface area contributed by atoms with Crippen LogP contribution in [0.25, 0.3) is 21.7 Å². The van der Waals surface area contributed by atoms with Gasteiger partial charge in [0.25, 0.3) is 0 Å². The van der Waals surface area contributed by atoms with Crippen LogP contribution >= 0.6 is 35.2 Å². The van der Waals surface area contributed by atoms with E-state index in [-0.39, 0.29) is 0 Å². The summed E-state index contributed by atoms with van der Waals surface area (Å²) in [5.41, 5.74) is 3.22. The number of aromatic amines is 1. The van der Waals surface area contributed by atoms with Gasteiger partial charge in [0.15, 0.2) is 0 Å². The van der Waals surface area contributed by atoms with Gasteiger partial charge in [-0.05, 0) is 35.2 Å². The van der Waals surface area contributed by atoms with E-state index in [0.29, 0.717) is 15.2 Å². The number of nitriles is 1. The molecule has 3 aromatic rings. The van der Waals surface area contributed by atoms with Gasteiger partial charge in [-0.1, -0.05) is 42.0 Å². The van der Waals surface area contributed by atoms with E-state index in [2.05, 4.69) is 11.1 Å². The van der Waals surface area contributed by atoms with Crippen molar-refractivity contribution in [3.63, 3.8) is 0 Å². The Kier molecular flexibility index (Phi) is 3.89. The molecule has 0 aliphatic carbocycles. The van der Waals surface area contributed by atoms with Crippen LogP contribution in [0.3, 0.4) is 0 Å². The van der Waals surface area contributed by atoms with Gasteiger partial charge in [0.1, 0.15) is 10.7 Å². The highest BCUT2D eigenvalue weighted by atomic mass is 35.5. The first kappa shape index (κ1) is 14.0. The largest absolute Gasteiger partial charge is 0.345 e. The quantitative estimate of drug-likeness (QED) is 0.616. The summed E-state index contributed by atoms with van der Waals surface area (Å²) in [6.07, 6.45) is 0. The maximum Gasteiger partial charge on any atom is 0.122 e. The lowest BCUT2D eigenvalue weighted by Gasteiger charge is -2.07. The van der Waals surface area contributed by atoms with Crippen LogP contribution in [0.4, 0.5) is 0 Å². The Morgan fingerprint density at radius 3 is 2.57 bits per heavy atom. The third-order valence-corrected chi connectivity index (χ3v) is 4.55. The van der Waals surface area contributed by atoms with Crippen LogP contribution in [-0.2, 0) is 0 Å². The number of thiophene rings is 1. The zero-order valence-corrected chi connectivity index (χ0v) is 13.1. The van der Waals surface area contributed by atoms with Gasteiger partial charge >= 0.3 is 0 Å². The highest BCUT2D eigenvalue weighted by molar-refractivity contribution is 7.71. The number of rotatable bonds is 2. The second kappa shape index (κ2) is 5.82. The van der Waals surface area contributed by atoms with Crippen LogP contribution in [0.1, 0.15) is 5.56 Å². The van der Waals surface area contributed by atoms with Crippen molar-refractivity contribution in [1.82, 2.24) is 4.98 Å². The SMILES string of the molecule is N#Cc1c(-c2cccs2)cc(-c2ccc(Cl)cc2)[nH]c1=S. The van der Waals surface area contributed by atoms with Crippen molar-refractivity contribution in [2.24, 2.45) is 0 Å². The van der Waals surface area contributed by atoms with Crippen LogP contribution in [0.15, 0.2) is 47.8 Å². The summed E-state index contributed by atoms with van der Waals surface area (Å²) in [7, 11) is 0. The molecule has 0 amide bonds. The lowest BCUT2D eigenvalue weighted by Crippen LogP contribution is -1.91. The molecule has 1 aromatic carbocycles. The first-order chi connectivity index (χ1) is 10.2. The van der Waals surface area contributed by atoms with Crippen LogP contribution < -0.4 is 0 Å². The Morgan fingerprint density at radius 1 is 1.19 bits per heavy atom. The average Bonchev–Trinajstić information content (AvgIpc) is 3.01. The first-order valence-corrected chi connectivity index (χ1v) is 7.83. The number of nitrogens with zero attached hydrogens (tertiary/aromatic N) is 1. The van der Waals surface area contributed by atoms with E-state index >= 15 is 0 Å². The molecule has 102 valence electrons. The minimum absolute atomic E-state index is 0.452. The van der Waals surface area contributed by atoms with Crippen LogP contribution in [0.2, 0.25) is 5.02 Å². The number of hydrogen-bond donors (Lipinski definition) is 1. The summed E-state index contributed by atoms with van der Waals surface area (Å²) < 4.78 is 0.452. The van der Waals surface area contributed by atoms with Gasteiger partial charge in [-0.15, -0.1) is 11.3 Å². The minimum atomic E-state index is 0.452. The summed E-state index contributed by atoms with van der Waals surface area (Å²) in [4.78, 5) is 4.15. The van der Waals surface area contributed by atoms with Crippen molar-refractivity contribution >= 4 is 35.2 Å². The highest BCUT2D eigenvalue weighted by Gasteiger charge is 2.11. The molecule has 0 unspecified atom stereocenters. The maximum atomic E-state index is 9.35. The van der Waals surface area contributed by atoms with Gasteiger partial charge in [-0.25, -0.2) is 0 Å². The third-order valence-electron chi connectivity index (χ3n) is 3.09. The molecule has 0 spiro atoms. The molecule has 0 fully saturated rings. The number of aromatic nitrogens is 1. The molecule has 0 saturated carbocycles. The molecule has 0 saturated heterocycles. The van der Waals surface area contributed by atoms with Crippen molar-refractivity contribution in [3.8, 4) is 27.8 Å². The van der Waals surface area contributed by atoms with E-state index in [0.717, 1.165) is 21.7 Å². The molecule has 2 heterocycles. The van der Waals surface area contributed by atoms with Crippen molar-refractivity contribution in [2.75, 3.05) is 0 Å². The predicted octanol–water partition coefficient (Wildman–Crippen LogP) is 5.66. The predicted molar refractivity (Wildman–Crippen MR) is 90.1 cm³/mol. The van der Waals surface area contributed by atoms with E-state index in [9.17, 15) is 5.26 Å². The monoisotopic (exact) mass is 328 g/mol. The maximum absolute atomic E-state index is 9.35. The third kappa shape index (κ3) is 2.77. The van der Waals surface area contributed by atoms with Crippen molar-refractivity contribution in [1.29, 1.82) is 5.26 Å². The highest BCUT2D eigenvalue weighted by Crippen LogP contribution is 2.31. The number of pyridine rings is 1. The Bertz CT molecular complexity index is 872. The van der Waals surface area contributed by atoms with Crippen molar-refractivity contribution in [2.45, 2.75) is 0 Å². The van der Waals surface area contributed by atoms with E-state index < -0.39 is 0 Å². The van der Waals surface area contributed by atoms with E-state index in [1.807, 2.05) is 47.8 Å². The Labute approximate surface area is 136 Å². The smallest absolute Gasteiger partial charge is 0.122 e. The lowest BCUT2D eigenvalue weighted by atomic mass is 10.0. The average molecular weight is 329 g/mol. The lowest BCUT2D eigenvalue weighted by molar-refractivity contribution is 1.28. The number of H-pyrrole nitrogens is 1. The number of halogens is 1. The Hall–Kier alpha value is -1.93. The molecular formula is C16H9ClN2S2. The normalized spacial score (nSPS) is 10.3. The Balaban J connectivity index is 2.23. The fourth-order valence-corrected chi connectivity index (χ4v) is 3.22. The van der Waals surface area contributed by atoms with Gasteiger partial charge in [-0.2, -0.15) is 5.26 Å². The van der Waals surface area contributed by atoms with E-state index in [1.54, 1.807) is 11.3 Å². The van der Waals surface area contributed by atoms with Crippen LogP contribution in [-0.4, -0.2) is 4.98 Å². The van der Waals surface area contributed by atoms with Crippen molar-refractivity contribution in [3.05, 3.63) is 63.1 Å². The fraction of sp³-hybridized carbons (Fsp3) is 0. The number of benzene rings is 1. The number of hydrogen-bond acceptors (Lipinski definition) is 3. The molecule has 0 aliphatic rings. The van der Waals surface area contributed by atoms with Gasteiger partial charge in [0, 0.05) is 21.2 Å². The molecule has 21 heavy (non-hydrogen) atoms. The molecule has 0 atom stereocenters. The topological polar surface area (TPSA) is 39.6 Å². The summed E-state index contributed by atoms with van der Waals surface area (Å²) >= 11 is 12.8. The molecule has 3 rings (SSSR count). The molecule has 0 aliphatic heterocycles. The summed E-state index contributed by atoms with van der Waals surface area (Å²) in [5.74, 6) is 0. The zero-order valence-electron chi connectivity index (χ0n) is 10.8. The van der Waals surface area contributed by atoms with Gasteiger partial charge in [0.05, 0.1) is 5.56 Å². The Morgan fingerprint density at radius 2 is 1.95 bits per heavy atom. The zero-order chi connectivity index (χ0) is 14.8. The van der Waals surface area contributed by atoms with Crippen LogP contribution in [0, 0.1) is 16.0 Å². The first-order valence-electron chi connectivity index (χ1n) is 6.16. The molecule has 0 radical (unpaired) electrons. The summed E-state index contributed by atoms with van der Waals surface area (Å²) in [5, 5.41) is 12.0. The van der Waals surface area contributed by atoms with Crippen LogP contribution in [0.5, 0.6) is 0 Å². The molecule has 5 heteroatoms.